The summed E-state index contributed by atoms with van der Waals surface area (Å²) >= 11 is 0. The standard InChI is InChI=1S/C26H32N4O4S/c1-2-30-23-10-9-21(35(32,33)29-15-17-34-18-16-29)19-22(23)27-24(30)11-12-25(31)28-26(13-6-14-26)20-7-4-3-5-8-20/h3-5,7-10,19H,2,6,11-18H2,1H3,(H,28,31). The first-order valence-corrected chi connectivity index (χ1v) is 13.8. The van der Waals surface area contributed by atoms with Crippen LogP contribution in [0, 0.1) is 0 Å². The van der Waals surface area contributed by atoms with Crippen LogP contribution in [0.1, 0.15) is 44.0 Å². The fraction of sp³-hybridized carbons (Fsp3) is 0.462. The lowest BCUT2D eigenvalue weighted by molar-refractivity contribution is -0.124. The molecule has 0 atom stereocenters. The molecule has 1 N–H and O–H groups in total. The van der Waals surface area contributed by atoms with Crippen molar-refractivity contribution in [2.45, 2.75) is 56.0 Å². The van der Waals surface area contributed by atoms with Gasteiger partial charge in [0.05, 0.1) is 34.7 Å². The number of ether oxygens (including phenoxy) is 1. The summed E-state index contributed by atoms with van der Waals surface area (Å²) in [5.41, 5.74) is 2.42. The van der Waals surface area contributed by atoms with Gasteiger partial charge in [-0.25, -0.2) is 13.4 Å². The number of aromatic nitrogens is 2. The average Bonchev–Trinajstić information content (AvgIpc) is 3.22. The number of benzene rings is 2. The topological polar surface area (TPSA) is 93.5 Å². The molecular formula is C26H32N4O4S. The van der Waals surface area contributed by atoms with Gasteiger partial charge in [-0.3, -0.25) is 4.79 Å². The van der Waals surface area contributed by atoms with Crippen LogP contribution in [0.5, 0.6) is 0 Å². The number of nitrogens with one attached hydrogen (secondary N) is 1. The zero-order valence-electron chi connectivity index (χ0n) is 20.1. The van der Waals surface area contributed by atoms with Gasteiger partial charge in [0.2, 0.25) is 15.9 Å². The second-order valence-corrected chi connectivity index (χ2v) is 11.2. The van der Waals surface area contributed by atoms with Crippen LogP contribution in [0.3, 0.4) is 0 Å². The van der Waals surface area contributed by atoms with Crippen molar-refractivity contribution >= 4 is 27.0 Å². The third-order valence-electron chi connectivity index (χ3n) is 7.21. The van der Waals surface area contributed by atoms with E-state index in [9.17, 15) is 13.2 Å². The van der Waals surface area contributed by atoms with Gasteiger partial charge in [-0.1, -0.05) is 30.3 Å². The monoisotopic (exact) mass is 496 g/mol. The van der Waals surface area contributed by atoms with E-state index in [0.717, 1.165) is 36.2 Å². The summed E-state index contributed by atoms with van der Waals surface area (Å²) in [6.07, 6.45) is 3.84. The van der Waals surface area contributed by atoms with E-state index in [4.69, 9.17) is 9.72 Å². The molecule has 0 radical (unpaired) electrons. The summed E-state index contributed by atoms with van der Waals surface area (Å²) in [7, 11) is -3.59. The van der Waals surface area contributed by atoms with E-state index >= 15 is 0 Å². The summed E-state index contributed by atoms with van der Waals surface area (Å²) in [6, 6.07) is 15.3. The van der Waals surface area contributed by atoms with E-state index in [1.54, 1.807) is 12.1 Å². The largest absolute Gasteiger partial charge is 0.379 e. The van der Waals surface area contributed by atoms with Crippen LogP contribution in [-0.4, -0.2) is 54.5 Å². The average molecular weight is 497 g/mol. The smallest absolute Gasteiger partial charge is 0.243 e. The first kappa shape index (κ1) is 24.0. The van der Waals surface area contributed by atoms with Crippen molar-refractivity contribution in [2.24, 2.45) is 0 Å². The molecule has 1 aliphatic carbocycles. The zero-order chi connectivity index (χ0) is 24.5. The van der Waals surface area contributed by atoms with E-state index in [1.807, 2.05) is 31.2 Å². The molecule has 3 aromatic rings. The Morgan fingerprint density at radius 2 is 1.86 bits per heavy atom. The molecule has 1 saturated carbocycles. The molecular weight excluding hydrogens is 464 g/mol. The van der Waals surface area contributed by atoms with Gasteiger partial charge in [-0.05, 0) is 49.9 Å². The van der Waals surface area contributed by atoms with E-state index < -0.39 is 10.0 Å². The lowest BCUT2D eigenvalue weighted by atomic mass is 9.71. The van der Waals surface area contributed by atoms with Gasteiger partial charge in [0.25, 0.3) is 0 Å². The van der Waals surface area contributed by atoms with Crippen LogP contribution in [0.2, 0.25) is 0 Å². The lowest BCUT2D eigenvalue weighted by Gasteiger charge is -2.43. The number of morpholine rings is 1. The Labute approximate surface area is 206 Å². The molecule has 35 heavy (non-hydrogen) atoms. The van der Waals surface area contributed by atoms with Gasteiger partial charge < -0.3 is 14.6 Å². The fourth-order valence-corrected chi connectivity index (χ4v) is 6.56. The predicted octanol–water partition coefficient (Wildman–Crippen LogP) is 3.21. The summed E-state index contributed by atoms with van der Waals surface area (Å²) < 4.78 is 35.0. The number of fused-ring (bicyclic) bond motifs is 1. The van der Waals surface area contributed by atoms with Gasteiger partial charge in [0, 0.05) is 32.5 Å². The number of imidazole rings is 1. The highest BCUT2D eigenvalue weighted by Gasteiger charge is 2.39. The Bertz CT molecular complexity index is 1310. The number of carbonyl (C=O) groups excluding carboxylic acids is 1. The summed E-state index contributed by atoms with van der Waals surface area (Å²) in [6.45, 7) is 4.25. The van der Waals surface area contributed by atoms with Crippen molar-refractivity contribution in [3.8, 4) is 0 Å². The highest BCUT2D eigenvalue weighted by molar-refractivity contribution is 7.89. The van der Waals surface area contributed by atoms with Crippen LogP contribution in [0.25, 0.3) is 11.0 Å². The van der Waals surface area contributed by atoms with Crippen LogP contribution in [0.15, 0.2) is 53.4 Å². The highest BCUT2D eigenvalue weighted by atomic mass is 32.2. The minimum absolute atomic E-state index is 0.0128. The Morgan fingerprint density at radius 1 is 1.11 bits per heavy atom. The maximum Gasteiger partial charge on any atom is 0.243 e. The lowest BCUT2D eigenvalue weighted by Crippen LogP contribution is -2.50. The third-order valence-corrected chi connectivity index (χ3v) is 9.11. The van der Waals surface area contributed by atoms with Crippen LogP contribution in [-0.2, 0) is 38.1 Å². The number of hydrogen-bond donors (Lipinski definition) is 1. The molecule has 1 aliphatic heterocycles. The van der Waals surface area contributed by atoms with Crippen molar-refractivity contribution in [3.63, 3.8) is 0 Å². The number of nitrogens with zero attached hydrogens (tertiary/aromatic N) is 3. The zero-order valence-corrected chi connectivity index (χ0v) is 20.9. The molecule has 9 heteroatoms. The molecule has 5 rings (SSSR count). The van der Waals surface area contributed by atoms with Crippen molar-refractivity contribution < 1.29 is 17.9 Å². The molecule has 0 spiro atoms. The molecule has 2 aromatic carbocycles. The first-order valence-electron chi connectivity index (χ1n) is 12.4. The molecule has 1 saturated heterocycles. The van der Waals surface area contributed by atoms with Gasteiger partial charge in [-0.15, -0.1) is 0 Å². The van der Waals surface area contributed by atoms with Crippen molar-refractivity contribution in [2.75, 3.05) is 26.3 Å². The van der Waals surface area contributed by atoms with Gasteiger partial charge in [0.1, 0.15) is 5.82 Å². The van der Waals surface area contributed by atoms with E-state index in [0.29, 0.717) is 51.2 Å². The number of sulfonamides is 1. The Balaban J connectivity index is 1.32. The van der Waals surface area contributed by atoms with Crippen LogP contribution < -0.4 is 5.32 Å². The summed E-state index contributed by atoms with van der Waals surface area (Å²) in [5.74, 6) is 0.805. The quantitative estimate of drug-likeness (QED) is 0.517. The van der Waals surface area contributed by atoms with Gasteiger partial charge in [0.15, 0.2) is 0 Å². The molecule has 1 amide bonds. The van der Waals surface area contributed by atoms with E-state index in [2.05, 4.69) is 22.0 Å². The Hall–Kier alpha value is -2.75. The maximum atomic E-state index is 13.1. The normalized spacial score (nSPS) is 18.3. The van der Waals surface area contributed by atoms with Crippen LogP contribution in [0.4, 0.5) is 0 Å². The van der Waals surface area contributed by atoms with Crippen molar-refractivity contribution in [3.05, 3.63) is 59.9 Å². The molecule has 2 aliphatic rings. The maximum absolute atomic E-state index is 13.1. The predicted molar refractivity (Wildman–Crippen MR) is 133 cm³/mol. The Kier molecular flexibility index (Phi) is 6.65. The Morgan fingerprint density at radius 3 is 2.51 bits per heavy atom. The number of hydrogen-bond acceptors (Lipinski definition) is 5. The molecule has 0 unspecified atom stereocenters. The van der Waals surface area contributed by atoms with Crippen molar-refractivity contribution in [1.82, 2.24) is 19.2 Å². The van der Waals surface area contributed by atoms with E-state index in [-0.39, 0.29) is 16.3 Å². The molecule has 186 valence electrons. The molecule has 0 bridgehead atoms. The van der Waals surface area contributed by atoms with Crippen molar-refractivity contribution in [1.29, 1.82) is 0 Å². The molecule has 8 nitrogen and oxygen atoms in total. The summed E-state index contributed by atoms with van der Waals surface area (Å²) in [5, 5.41) is 3.28. The number of amides is 1. The second-order valence-electron chi connectivity index (χ2n) is 9.29. The van der Waals surface area contributed by atoms with Gasteiger partial charge in [-0.2, -0.15) is 4.31 Å². The van der Waals surface area contributed by atoms with E-state index in [1.165, 1.54) is 4.31 Å². The minimum Gasteiger partial charge on any atom is -0.379 e. The number of rotatable bonds is 8. The molecule has 2 heterocycles. The minimum atomic E-state index is -3.59. The number of carbonyl (C=O) groups is 1. The number of aryl methyl sites for hydroxylation is 2. The second kappa shape index (κ2) is 9.72. The molecule has 2 fully saturated rings. The fourth-order valence-electron chi connectivity index (χ4n) is 5.13. The SMILES string of the molecule is CCn1c(CCC(=O)NC2(c3ccccc3)CCC2)nc2cc(S(=O)(=O)N3CCOCC3)ccc21. The first-order chi connectivity index (χ1) is 16.9. The van der Waals surface area contributed by atoms with Crippen LogP contribution >= 0.6 is 0 Å². The highest BCUT2D eigenvalue weighted by Crippen LogP contribution is 2.41. The molecule has 1 aromatic heterocycles. The third kappa shape index (κ3) is 4.60. The van der Waals surface area contributed by atoms with Gasteiger partial charge >= 0.3 is 0 Å². The summed E-state index contributed by atoms with van der Waals surface area (Å²) in [4.78, 5) is 17.9.